The van der Waals surface area contributed by atoms with Crippen LogP contribution in [-0.4, -0.2) is 51.0 Å². The highest BCUT2D eigenvalue weighted by atomic mass is 32.2. The van der Waals surface area contributed by atoms with Crippen molar-refractivity contribution < 1.29 is 22.7 Å². The lowest BCUT2D eigenvalue weighted by Gasteiger charge is -2.31. The van der Waals surface area contributed by atoms with Gasteiger partial charge in [0.1, 0.15) is 12.7 Å². The number of sulfonamides is 1. The highest BCUT2D eigenvalue weighted by Crippen LogP contribution is 2.31. The molecule has 0 aliphatic carbocycles. The van der Waals surface area contributed by atoms with Crippen LogP contribution in [0.4, 0.5) is 0 Å². The lowest BCUT2D eigenvalue weighted by molar-refractivity contribution is 0.0789. The van der Waals surface area contributed by atoms with E-state index in [1.807, 2.05) is 42.5 Å². The van der Waals surface area contributed by atoms with Crippen molar-refractivity contribution in [2.75, 3.05) is 26.2 Å². The fraction of sp³-hybridized carbons (Fsp3) is 0.321. The van der Waals surface area contributed by atoms with Gasteiger partial charge in [0.2, 0.25) is 10.0 Å². The van der Waals surface area contributed by atoms with Crippen LogP contribution in [0.2, 0.25) is 0 Å². The summed E-state index contributed by atoms with van der Waals surface area (Å²) in [7, 11) is -3.67. The fourth-order valence-electron chi connectivity index (χ4n) is 4.72. The third-order valence-electron chi connectivity index (χ3n) is 6.73. The summed E-state index contributed by atoms with van der Waals surface area (Å²) in [5.41, 5.74) is 1.58. The van der Waals surface area contributed by atoms with E-state index in [0.29, 0.717) is 42.7 Å². The van der Waals surface area contributed by atoms with E-state index in [2.05, 4.69) is 17.4 Å². The highest BCUT2D eigenvalue weighted by molar-refractivity contribution is 7.89. The zero-order valence-electron chi connectivity index (χ0n) is 20.0. The van der Waals surface area contributed by atoms with Gasteiger partial charge in [0.15, 0.2) is 11.5 Å². The summed E-state index contributed by atoms with van der Waals surface area (Å²) in [5.74, 6) is 1.44. The predicted molar refractivity (Wildman–Crippen MR) is 137 cm³/mol. The number of nitrogens with zero attached hydrogens (tertiary/aromatic N) is 1. The number of amides is 1. The Morgan fingerprint density at radius 1 is 0.917 bits per heavy atom. The van der Waals surface area contributed by atoms with Crippen molar-refractivity contribution in [3.8, 4) is 11.5 Å². The molecule has 2 heterocycles. The maximum atomic E-state index is 13.3. The van der Waals surface area contributed by atoms with E-state index in [1.54, 1.807) is 18.2 Å². The minimum atomic E-state index is -3.67. The molecule has 1 atom stereocenters. The second-order valence-corrected chi connectivity index (χ2v) is 11.2. The molecule has 3 aromatic carbocycles. The van der Waals surface area contributed by atoms with Gasteiger partial charge in [0.05, 0.1) is 11.4 Å². The van der Waals surface area contributed by atoms with E-state index in [9.17, 15) is 13.2 Å². The first-order chi connectivity index (χ1) is 17.5. The van der Waals surface area contributed by atoms with Crippen molar-refractivity contribution in [1.29, 1.82) is 0 Å². The molecule has 2 aliphatic heterocycles. The molecule has 0 radical (unpaired) electrons. The maximum absolute atomic E-state index is 13.3. The molecule has 1 N–H and O–H groups in total. The molecular weight excluding hydrogens is 476 g/mol. The number of carbonyl (C=O) groups is 1. The first-order valence-corrected chi connectivity index (χ1v) is 13.7. The van der Waals surface area contributed by atoms with Crippen LogP contribution in [0.3, 0.4) is 0 Å². The largest absolute Gasteiger partial charge is 0.486 e. The number of ether oxygens (including phenoxy) is 2. The molecule has 36 heavy (non-hydrogen) atoms. The molecule has 0 spiro atoms. The van der Waals surface area contributed by atoms with Crippen LogP contribution in [0, 0.1) is 5.92 Å². The van der Waals surface area contributed by atoms with E-state index in [1.165, 1.54) is 15.9 Å². The van der Waals surface area contributed by atoms with Crippen molar-refractivity contribution in [2.45, 2.75) is 30.3 Å². The fourth-order valence-corrected chi connectivity index (χ4v) is 6.24. The summed E-state index contributed by atoms with van der Waals surface area (Å²) in [6.45, 7) is 1.54. The molecule has 188 valence electrons. The Morgan fingerprint density at radius 2 is 1.64 bits per heavy atom. The van der Waals surface area contributed by atoms with Crippen LogP contribution in [0.5, 0.6) is 11.5 Å². The van der Waals surface area contributed by atoms with Crippen molar-refractivity contribution >= 4 is 15.9 Å². The molecule has 0 unspecified atom stereocenters. The summed E-state index contributed by atoms with van der Waals surface area (Å²) in [4.78, 5) is 12.9. The Bertz CT molecular complexity index is 1300. The molecule has 1 saturated heterocycles. The summed E-state index contributed by atoms with van der Waals surface area (Å²) >= 11 is 0. The molecule has 5 rings (SSSR count). The van der Waals surface area contributed by atoms with Crippen LogP contribution in [-0.2, 0) is 16.4 Å². The van der Waals surface area contributed by atoms with Crippen molar-refractivity contribution in [2.24, 2.45) is 5.92 Å². The average molecular weight is 507 g/mol. The molecule has 3 aromatic rings. The van der Waals surface area contributed by atoms with Crippen LogP contribution >= 0.6 is 0 Å². The van der Waals surface area contributed by atoms with E-state index in [0.717, 1.165) is 19.3 Å². The van der Waals surface area contributed by atoms with Gasteiger partial charge in [-0.05, 0) is 61.1 Å². The summed E-state index contributed by atoms with van der Waals surface area (Å²) in [6, 6.07) is 23.9. The van der Waals surface area contributed by atoms with Crippen LogP contribution < -0.4 is 14.8 Å². The standard InChI is InChI=1S/C28H30N2O5S/c31-28(29-19-24-20-34-26-11-4-5-12-27(26)35-24)23-9-6-10-25(18-23)36(32,33)30-15-13-22(14-16-30)17-21-7-2-1-3-8-21/h1-12,18,22,24H,13-17,19-20H2,(H,29,31)/t24-/m0/s1. The zero-order chi connectivity index (χ0) is 25.0. The van der Waals surface area contributed by atoms with Gasteiger partial charge in [-0.3, -0.25) is 4.79 Å². The number of fused-ring (bicyclic) bond motifs is 1. The topological polar surface area (TPSA) is 84.9 Å². The highest BCUT2D eigenvalue weighted by Gasteiger charge is 2.30. The van der Waals surface area contributed by atoms with Crippen LogP contribution in [0.15, 0.2) is 83.8 Å². The van der Waals surface area contributed by atoms with Gasteiger partial charge >= 0.3 is 0 Å². The predicted octanol–water partition coefficient (Wildman–Crippen LogP) is 3.90. The first kappa shape index (κ1) is 24.3. The summed E-state index contributed by atoms with van der Waals surface area (Å²) in [5, 5.41) is 2.83. The lowest BCUT2D eigenvalue weighted by Crippen LogP contribution is -2.41. The van der Waals surface area contributed by atoms with E-state index >= 15 is 0 Å². The number of piperidine rings is 1. The van der Waals surface area contributed by atoms with Crippen LogP contribution in [0.25, 0.3) is 0 Å². The molecule has 1 amide bonds. The Kier molecular flexibility index (Phi) is 7.25. The number of rotatable bonds is 7. The molecule has 1 fully saturated rings. The van der Waals surface area contributed by atoms with Gasteiger partial charge in [-0.2, -0.15) is 4.31 Å². The molecule has 0 bridgehead atoms. The number of carbonyl (C=O) groups excluding carboxylic acids is 1. The van der Waals surface area contributed by atoms with Gasteiger partial charge < -0.3 is 14.8 Å². The summed E-state index contributed by atoms with van der Waals surface area (Å²) < 4.78 is 39.7. The number of nitrogens with one attached hydrogen (secondary N) is 1. The molecule has 7 nitrogen and oxygen atoms in total. The quantitative estimate of drug-likeness (QED) is 0.525. The number of benzene rings is 3. The molecule has 0 aromatic heterocycles. The normalized spacial score (nSPS) is 18.5. The van der Waals surface area contributed by atoms with E-state index in [4.69, 9.17) is 9.47 Å². The third kappa shape index (κ3) is 5.55. The van der Waals surface area contributed by atoms with Crippen molar-refractivity contribution in [3.05, 3.63) is 90.0 Å². The van der Waals surface area contributed by atoms with Gasteiger partial charge in [-0.15, -0.1) is 0 Å². The zero-order valence-corrected chi connectivity index (χ0v) is 20.8. The smallest absolute Gasteiger partial charge is 0.251 e. The van der Waals surface area contributed by atoms with Gasteiger partial charge in [-0.25, -0.2) is 8.42 Å². The molecular formula is C28H30N2O5S. The van der Waals surface area contributed by atoms with Gasteiger partial charge in [0.25, 0.3) is 5.91 Å². The number of para-hydroxylation sites is 2. The Labute approximate surface area is 212 Å². The first-order valence-electron chi connectivity index (χ1n) is 12.3. The second kappa shape index (κ2) is 10.7. The second-order valence-electron chi connectivity index (χ2n) is 9.27. The van der Waals surface area contributed by atoms with Crippen molar-refractivity contribution in [3.63, 3.8) is 0 Å². The Morgan fingerprint density at radius 3 is 2.42 bits per heavy atom. The third-order valence-corrected chi connectivity index (χ3v) is 8.63. The molecule has 2 aliphatic rings. The number of hydrogen-bond donors (Lipinski definition) is 1. The molecule has 0 saturated carbocycles. The van der Waals surface area contributed by atoms with Crippen LogP contribution in [0.1, 0.15) is 28.8 Å². The van der Waals surface area contributed by atoms with E-state index in [-0.39, 0.29) is 23.5 Å². The Balaban J connectivity index is 1.17. The minimum absolute atomic E-state index is 0.142. The van der Waals surface area contributed by atoms with Gasteiger partial charge in [-0.1, -0.05) is 48.5 Å². The molecule has 8 heteroatoms. The average Bonchev–Trinajstić information content (AvgIpc) is 2.92. The monoisotopic (exact) mass is 506 g/mol. The van der Waals surface area contributed by atoms with E-state index < -0.39 is 10.0 Å². The summed E-state index contributed by atoms with van der Waals surface area (Å²) in [6.07, 6.45) is 2.28. The maximum Gasteiger partial charge on any atom is 0.251 e. The SMILES string of the molecule is O=C(NC[C@H]1COc2ccccc2O1)c1cccc(S(=O)(=O)N2CCC(Cc3ccccc3)CC2)c1. The van der Waals surface area contributed by atoms with Gasteiger partial charge in [0, 0.05) is 18.7 Å². The number of hydrogen-bond acceptors (Lipinski definition) is 5. The van der Waals surface area contributed by atoms with Crippen molar-refractivity contribution in [1.82, 2.24) is 9.62 Å². The lowest BCUT2D eigenvalue weighted by atomic mass is 9.91. The minimum Gasteiger partial charge on any atom is -0.486 e. The Hall–Kier alpha value is -3.36.